The van der Waals surface area contributed by atoms with Crippen LogP contribution >= 0.6 is 11.8 Å². The lowest BCUT2D eigenvalue weighted by molar-refractivity contribution is -0.145. The van der Waals surface area contributed by atoms with Crippen LogP contribution in [0.5, 0.6) is 5.75 Å². The fourth-order valence-corrected chi connectivity index (χ4v) is 4.24. The molecule has 2 aromatic rings. The van der Waals surface area contributed by atoms with Crippen molar-refractivity contribution in [2.45, 2.75) is 44.8 Å². The number of hydrogen-bond donors (Lipinski definition) is 0. The molecule has 0 bridgehead atoms. The number of rotatable bonds is 11. The van der Waals surface area contributed by atoms with Crippen LogP contribution in [0.15, 0.2) is 59.5 Å². The number of hydrogen-bond acceptors (Lipinski definition) is 5. The first kappa shape index (κ1) is 25.5. The van der Waals surface area contributed by atoms with E-state index in [2.05, 4.69) is 19.1 Å². The maximum atomic E-state index is 12.5. The van der Waals surface area contributed by atoms with Gasteiger partial charge in [0.25, 0.3) is 0 Å². The molecule has 0 spiro atoms. The summed E-state index contributed by atoms with van der Waals surface area (Å²) < 4.78 is 10.9. The average molecular weight is 456 g/mol. The lowest BCUT2D eigenvalue weighted by Crippen LogP contribution is -2.28. The van der Waals surface area contributed by atoms with Crippen molar-refractivity contribution in [2.24, 2.45) is 0 Å². The van der Waals surface area contributed by atoms with Crippen LogP contribution in [0.2, 0.25) is 0 Å². The van der Waals surface area contributed by atoms with Gasteiger partial charge in [0.15, 0.2) is 6.61 Å². The molecular formula is C26H33NO4S. The summed E-state index contributed by atoms with van der Waals surface area (Å²) in [6, 6.07) is 16.1. The molecule has 1 unspecified atom stereocenters. The topological polar surface area (TPSA) is 55.8 Å². The van der Waals surface area contributed by atoms with Crippen LogP contribution < -0.4 is 4.74 Å². The maximum absolute atomic E-state index is 12.5. The highest BCUT2D eigenvalue weighted by Crippen LogP contribution is 2.40. The van der Waals surface area contributed by atoms with E-state index in [1.807, 2.05) is 57.2 Å². The van der Waals surface area contributed by atoms with E-state index in [9.17, 15) is 9.59 Å². The number of carbonyl (C=O) groups excluding carboxylic acids is 2. The zero-order valence-corrected chi connectivity index (χ0v) is 20.4. The molecule has 32 heavy (non-hydrogen) atoms. The van der Waals surface area contributed by atoms with Gasteiger partial charge in [-0.2, -0.15) is 0 Å². The molecule has 1 amide bonds. The Morgan fingerprint density at radius 2 is 1.75 bits per heavy atom. The molecule has 1 atom stereocenters. The Hall–Kier alpha value is -2.73. The van der Waals surface area contributed by atoms with E-state index < -0.39 is 5.97 Å². The van der Waals surface area contributed by atoms with E-state index in [0.717, 1.165) is 16.0 Å². The predicted octanol–water partition coefficient (Wildman–Crippen LogP) is 5.75. The molecule has 0 saturated carbocycles. The van der Waals surface area contributed by atoms with E-state index in [1.54, 1.807) is 29.7 Å². The zero-order valence-electron chi connectivity index (χ0n) is 19.6. The Balaban J connectivity index is 2.30. The third kappa shape index (κ3) is 7.45. The van der Waals surface area contributed by atoms with Crippen LogP contribution in [0.3, 0.4) is 0 Å². The molecule has 0 fully saturated rings. The van der Waals surface area contributed by atoms with Crippen molar-refractivity contribution < 1.29 is 19.1 Å². The second-order valence-corrected chi connectivity index (χ2v) is 8.65. The van der Waals surface area contributed by atoms with Crippen molar-refractivity contribution in [1.82, 2.24) is 4.90 Å². The average Bonchev–Trinajstić information content (AvgIpc) is 2.79. The van der Waals surface area contributed by atoms with Gasteiger partial charge in [-0.1, -0.05) is 36.4 Å². The fourth-order valence-electron chi connectivity index (χ4n) is 3.18. The summed E-state index contributed by atoms with van der Waals surface area (Å²) in [5, 5.41) is 0.202. The molecule has 2 rings (SSSR count). The first-order valence-electron chi connectivity index (χ1n) is 11.0. The summed E-state index contributed by atoms with van der Waals surface area (Å²) in [4.78, 5) is 27.0. The number of ether oxygens (including phenoxy) is 2. The Labute approximate surface area is 195 Å². The summed E-state index contributed by atoms with van der Waals surface area (Å²) in [5.74, 6) is 0.179. The molecule has 172 valence electrons. The number of likely N-dealkylation sites (N-methyl/N-ethyl adjacent to an activating group) is 1. The molecule has 0 aliphatic carbocycles. The van der Waals surface area contributed by atoms with Crippen LogP contribution in [-0.2, 0) is 14.3 Å². The molecule has 0 saturated heterocycles. The Morgan fingerprint density at radius 1 is 1.06 bits per heavy atom. The van der Waals surface area contributed by atoms with Gasteiger partial charge < -0.3 is 14.4 Å². The third-order valence-corrected chi connectivity index (χ3v) is 6.25. The second kappa shape index (κ2) is 13.0. The van der Waals surface area contributed by atoms with Gasteiger partial charge in [0.05, 0.1) is 11.5 Å². The predicted molar refractivity (Wildman–Crippen MR) is 131 cm³/mol. The van der Waals surface area contributed by atoms with Crippen molar-refractivity contribution >= 4 is 29.2 Å². The minimum absolute atomic E-state index is 0.0161. The Morgan fingerprint density at radius 3 is 2.38 bits per heavy atom. The fraction of sp³-hybridized carbons (Fsp3) is 0.385. The van der Waals surface area contributed by atoms with Crippen LogP contribution in [-0.4, -0.2) is 43.1 Å². The molecule has 0 radical (unpaired) electrons. The number of carbonyl (C=O) groups is 2. The summed E-state index contributed by atoms with van der Waals surface area (Å²) in [6.45, 7) is 11.2. The summed E-state index contributed by atoms with van der Waals surface area (Å²) in [6.07, 6.45) is 1.65. The molecule has 0 aliphatic heterocycles. The van der Waals surface area contributed by atoms with Gasteiger partial charge in [0.2, 0.25) is 5.91 Å². The molecule has 0 aromatic heterocycles. The molecular weight excluding hydrogens is 422 g/mol. The van der Waals surface area contributed by atoms with Crippen LogP contribution in [0.1, 0.15) is 51.0 Å². The van der Waals surface area contributed by atoms with Crippen LogP contribution in [0, 0.1) is 0 Å². The van der Waals surface area contributed by atoms with Gasteiger partial charge in [-0.05, 0) is 63.5 Å². The SMILES string of the molecule is CCOC(=O)COc1cc(/C(C)=C\C(=O)N(CC)CC)ccc1SC(C)c1ccccc1. The summed E-state index contributed by atoms with van der Waals surface area (Å²) >= 11 is 1.66. The smallest absolute Gasteiger partial charge is 0.344 e. The molecule has 5 nitrogen and oxygen atoms in total. The molecule has 6 heteroatoms. The standard InChI is InChI=1S/C26H33NO4S/c1-6-27(7-2)25(28)16-19(4)22-14-15-24(23(17-22)31-18-26(29)30-8-3)32-20(5)21-12-10-9-11-13-21/h9-17,20H,6-8,18H2,1-5H3/b19-16-. The molecule has 0 heterocycles. The van der Waals surface area contributed by atoms with Crippen molar-refractivity contribution in [1.29, 1.82) is 0 Å². The lowest BCUT2D eigenvalue weighted by Gasteiger charge is -2.18. The van der Waals surface area contributed by atoms with Gasteiger partial charge >= 0.3 is 5.97 Å². The lowest BCUT2D eigenvalue weighted by atomic mass is 10.1. The zero-order chi connectivity index (χ0) is 23.5. The Bertz CT molecular complexity index is 923. The van der Waals surface area contributed by atoms with Gasteiger partial charge in [0, 0.05) is 24.4 Å². The monoisotopic (exact) mass is 455 g/mol. The quantitative estimate of drug-likeness (QED) is 0.245. The van der Waals surface area contributed by atoms with E-state index in [1.165, 1.54) is 5.56 Å². The van der Waals surface area contributed by atoms with Crippen LogP contribution in [0.4, 0.5) is 0 Å². The number of thioether (sulfide) groups is 1. The minimum atomic E-state index is -0.408. The number of esters is 1. The minimum Gasteiger partial charge on any atom is -0.481 e. The molecule has 2 aromatic carbocycles. The second-order valence-electron chi connectivity index (χ2n) is 7.26. The van der Waals surface area contributed by atoms with Crippen molar-refractivity contribution in [2.75, 3.05) is 26.3 Å². The van der Waals surface area contributed by atoms with E-state index in [4.69, 9.17) is 9.47 Å². The van der Waals surface area contributed by atoms with E-state index >= 15 is 0 Å². The first-order valence-corrected chi connectivity index (χ1v) is 11.9. The van der Waals surface area contributed by atoms with Crippen molar-refractivity contribution in [3.8, 4) is 5.75 Å². The third-order valence-electron chi connectivity index (χ3n) is 5.04. The number of nitrogens with zero attached hydrogens (tertiary/aromatic N) is 1. The van der Waals surface area contributed by atoms with E-state index in [-0.39, 0.29) is 17.8 Å². The number of amides is 1. The number of benzene rings is 2. The van der Waals surface area contributed by atoms with Gasteiger partial charge in [-0.3, -0.25) is 4.79 Å². The summed E-state index contributed by atoms with van der Waals surface area (Å²) in [5.41, 5.74) is 2.93. The van der Waals surface area contributed by atoms with Crippen molar-refractivity contribution in [3.05, 3.63) is 65.7 Å². The first-order chi connectivity index (χ1) is 15.4. The summed E-state index contributed by atoms with van der Waals surface area (Å²) in [7, 11) is 0. The highest BCUT2D eigenvalue weighted by molar-refractivity contribution is 7.99. The highest BCUT2D eigenvalue weighted by Gasteiger charge is 2.15. The highest BCUT2D eigenvalue weighted by atomic mass is 32.2. The molecule has 0 aliphatic rings. The molecule has 0 N–H and O–H groups in total. The van der Waals surface area contributed by atoms with Gasteiger partial charge in [0.1, 0.15) is 5.75 Å². The number of allylic oxidation sites excluding steroid dienone is 1. The maximum Gasteiger partial charge on any atom is 0.344 e. The normalized spacial score (nSPS) is 12.2. The van der Waals surface area contributed by atoms with Gasteiger partial charge in [-0.15, -0.1) is 11.8 Å². The van der Waals surface area contributed by atoms with Crippen LogP contribution in [0.25, 0.3) is 5.57 Å². The Kier molecular flexibility index (Phi) is 10.3. The van der Waals surface area contributed by atoms with E-state index in [0.29, 0.717) is 25.4 Å². The largest absolute Gasteiger partial charge is 0.481 e. The van der Waals surface area contributed by atoms with Gasteiger partial charge in [-0.25, -0.2) is 4.79 Å². The van der Waals surface area contributed by atoms with Crippen molar-refractivity contribution in [3.63, 3.8) is 0 Å².